The second kappa shape index (κ2) is 6.50. The Morgan fingerprint density at radius 1 is 1.48 bits per heavy atom. The minimum absolute atomic E-state index is 0.00392. The molecular weight excluding hydrogens is 292 g/mol. The fourth-order valence-corrected chi connectivity index (χ4v) is 3.48. The fraction of sp³-hybridized carbons (Fsp3) is 0.800. The fourth-order valence-electron chi connectivity index (χ4n) is 2.97. The molecule has 0 amide bonds. The van der Waals surface area contributed by atoms with Crippen molar-refractivity contribution in [2.24, 2.45) is 11.8 Å². The van der Waals surface area contributed by atoms with Gasteiger partial charge in [-0.05, 0) is 20.3 Å². The highest BCUT2D eigenvalue weighted by atomic mass is 32.1. The number of Topliss-reactive ketones (excluding diaryl/α,β-unsaturated/α-hetero) is 1. The van der Waals surface area contributed by atoms with Gasteiger partial charge < -0.3 is 14.2 Å². The summed E-state index contributed by atoms with van der Waals surface area (Å²) in [7, 11) is 0. The van der Waals surface area contributed by atoms with Crippen LogP contribution >= 0.6 is 12.2 Å². The average molecular weight is 314 g/mol. The predicted molar refractivity (Wildman–Crippen MR) is 80.0 cm³/mol. The van der Waals surface area contributed by atoms with Gasteiger partial charge in [-0.1, -0.05) is 12.2 Å². The molecule has 1 aliphatic heterocycles. The van der Waals surface area contributed by atoms with Crippen molar-refractivity contribution < 1.29 is 23.8 Å². The zero-order valence-electron chi connectivity index (χ0n) is 12.7. The first-order valence-electron chi connectivity index (χ1n) is 7.29. The van der Waals surface area contributed by atoms with E-state index in [0.29, 0.717) is 24.3 Å². The van der Waals surface area contributed by atoms with E-state index in [1.54, 1.807) is 0 Å². The Morgan fingerprint density at radius 2 is 2.19 bits per heavy atom. The van der Waals surface area contributed by atoms with E-state index in [9.17, 15) is 9.59 Å². The summed E-state index contributed by atoms with van der Waals surface area (Å²) in [5, 5.41) is 0. The smallest absolute Gasteiger partial charge is 0.302 e. The molecule has 0 spiro atoms. The minimum atomic E-state index is -0.586. The van der Waals surface area contributed by atoms with Gasteiger partial charge in [0.15, 0.2) is 5.79 Å². The minimum Gasteiger partial charge on any atom is -0.466 e. The van der Waals surface area contributed by atoms with Gasteiger partial charge in [0.1, 0.15) is 5.78 Å². The largest absolute Gasteiger partial charge is 0.466 e. The molecule has 0 aromatic carbocycles. The van der Waals surface area contributed by atoms with E-state index in [2.05, 4.69) is 0 Å². The second-order valence-electron chi connectivity index (χ2n) is 6.17. The molecule has 1 saturated heterocycles. The van der Waals surface area contributed by atoms with Crippen LogP contribution in [0, 0.1) is 11.8 Å². The van der Waals surface area contributed by atoms with Crippen molar-refractivity contribution in [2.75, 3.05) is 13.2 Å². The summed E-state index contributed by atoms with van der Waals surface area (Å²) in [5.41, 5.74) is 0. The van der Waals surface area contributed by atoms with Gasteiger partial charge in [0.25, 0.3) is 0 Å². The summed E-state index contributed by atoms with van der Waals surface area (Å²) >= 11 is 5.46. The van der Waals surface area contributed by atoms with Gasteiger partial charge in [-0.15, -0.1) is 0 Å². The second-order valence-corrected chi connectivity index (χ2v) is 6.69. The standard InChI is InChI=1S/C15H22O5S/c1-9(16)18-7-10-4-5-12(17)14(10)13(21)6-11-8-19-15(2,3)20-11/h10-11,14H,4-8H2,1-3H3/t10-,11?,14-/m0/s1. The number of carbonyl (C=O) groups excluding carboxylic acids is 2. The topological polar surface area (TPSA) is 61.8 Å². The van der Waals surface area contributed by atoms with Crippen LogP contribution in [0.15, 0.2) is 0 Å². The van der Waals surface area contributed by atoms with Crippen LogP contribution in [0.25, 0.3) is 0 Å². The third-order valence-corrected chi connectivity index (χ3v) is 4.34. The first kappa shape index (κ1) is 16.5. The molecule has 2 aliphatic rings. The Hall–Kier alpha value is -0.850. The molecule has 118 valence electrons. The van der Waals surface area contributed by atoms with Crippen LogP contribution in [-0.4, -0.2) is 41.7 Å². The van der Waals surface area contributed by atoms with Crippen molar-refractivity contribution in [3.05, 3.63) is 0 Å². The normalized spacial score (nSPS) is 31.4. The lowest BCUT2D eigenvalue weighted by Crippen LogP contribution is -2.30. The molecule has 1 unspecified atom stereocenters. The van der Waals surface area contributed by atoms with Crippen LogP contribution in [0.1, 0.15) is 40.0 Å². The molecule has 1 saturated carbocycles. The first-order chi connectivity index (χ1) is 9.78. The van der Waals surface area contributed by atoms with Crippen molar-refractivity contribution >= 4 is 28.8 Å². The van der Waals surface area contributed by atoms with Gasteiger partial charge in [0.2, 0.25) is 0 Å². The predicted octanol–water partition coefficient (Wildman–Crippen LogP) is 2.06. The molecule has 3 atom stereocenters. The van der Waals surface area contributed by atoms with E-state index in [1.807, 2.05) is 13.8 Å². The molecule has 2 rings (SSSR count). The lowest BCUT2D eigenvalue weighted by Gasteiger charge is -2.21. The number of hydrogen-bond donors (Lipinski definition) is 0. The Balaban J connectivity index is 1.92. The van der Waals surface area contributed by atoms with Gasteiger partial charge in [0.05, 0.1) is 25.2 Å². The summed E-state index contributed by atoms with van der Waals surface area (Å²) in [5.74, 6) is -1.06. The third kappa shape index (κ3) is 4.31. The number of rotatable bonds is 5. The number of esters is 1. The summed E-state index contributed by atoms with van der Waals surface area (Å²) < 4.78 is 16.3. The van der Waals surface area contributed by atoms with Crippen LogP contribution in [0.4, 0.5) is 0 Å². The van der Waals surface area contributed by atoms with Crippen molar-refractivity contribution in [1.82, 2.24) is 0 Å². The van der Waals surface area contributed by atoms with Crippen molar-refractivity contribution in [1.29, 1.82) is 0 Å². The third-order valence-electron chi connectivity index (χ3n) is 3.92. The van der Waals surface area contributed by atoms with E-state index in [-0.39, 0.29) is 36.3 Å². The molecule has 0 aromatic heterocycles. The monoisotopic (exact) mass is 314 g/mol. The molecule has 2 fully saturated rings. The van der Waals surface area contributed by atoms with Crippen molar-refractivity contribution in [3.8, 4) is 0 Å². The van der Waals surface area contributed by atoms with Gasteiger partial charge in [0, 0.05) is 30.5 Å². The maximum Gasteiger partial charge on any atom is 0.302 e. The Bertz CT molecular complexity index is 445. The first-order valence-corrected chi connectivity index (χ1v) is 7.70. The molecule has 5 nitrogen and oxygen atoms in total. The highest BCUT2D eigenvalue weighted by Crippen LogP contribution is 2.33. The average Bonchev–Trinajstić information content (AvgIpc) is 2.89. The van der Waals surface area contributed by atoms with Gasteiger partial charge in [-0.2, -0.15) is 0 Å². The molecular formula is C15H22O5S. The van der Waals surface area contributed by atoms with Crippen LogP contribution in [0.3, 0.4) is 0 Å². The number of ketones is 1. The van der Waals surface area contributed by atoms with E-state index in [1.165, 1.54) is 6.92 Å². The summed E-state index contributed by atoms with van der Waals surface area (Å²) in [6.07, 6.45) is 1.66. The lowest BCUT2D eigenvalue weighted by molar-refractivity contribution is -0.143. The molecule has 1 aliphatic carbocycles. The lowest BCUT2D eigenvalue weighted by atomic mass is 9.90. The highest BCUT2D eigenvalue weighted by molar-refractivity contribution is 7.80. The molecule has 0 N–H and O–H groups in total. The van der Waals surface area contributed by atoms with E-state index in [4.69, 9.17) is 26.4 Å². The van der Waals surface area contributed by atoms with Crippen LogP contribution in [0.2, 0.25) is 0 Å². The Kier molecular flexibility index (Phi) is 5.11. The van der Waals surface area contributed by atoms with E-state index >= 15 is 0 Å². The molecule has 0 bridgehead atoms. The number of hydrogen-bond acceptors (Lipinski definition) is 6. The van der Waals surface area contributed by atoms with E-state index in [0.717, 1.165) is 6.42 Å². The van der Waals surface area contributed by atoms with E-state index < -0.39 is 5.79 Å². The molecule has 6 heteroatoms. The molecule has 0 radical (unpaired) electrons. The van der Waals surface area contributed by atoms with Crippen molar-refractivity contribution in [3.63, 3.8) is 0 Å². The maximum absolute atomic E-state index is 12.1. The molecule has 1 heterocycles. The summed E-state index contributed by atoms with van der Waals surface area (Å²) in [4.78, 5) is 23.7. The Labute approximate surface area is 130 Å². The quantitative estimate of drug-likeness (QED) is 0.572. The summed E-state index contributed by atoms with van der Waals surface area (Å²) in [6, 6.07) is 0. The summed E-state index contributed by atoms with van der Waals surface area (Å²) in [6.45, 7) is 5.85. The van der Waals surface area contributed by atoms with Crippen LogP contribution in [-0.2, 0) is 23.8 Å². The van der Waals surface area contributed by atoms with Gasteiger partial charge in [-0.25, -0.2) is 0 Å². The van der Waals surface area contributed by atoms with Crippen molar-refractivity contribution in [2.45, 2.75) is 51.9 Å². The van der Waals surface area contributed by atoms with Gasteiger partial charge in [-0.3, -0.25) is 9.59 Å². The molecule has 0 aromatic rings. The maximum atomic E-state index is 12.1. The number of ether oxygens (including phenoxy) is 3. The Morgan fingerprint density at radius 3 is 2.76 bits per heavy atom. The number of thiocarbonyl (C=S) groups is 1. The van der Waals surface area contributed by atoms with Crippen LogP contribution < -0.4 is 0 Å². The number of carbonyl (C=O) groups is 2. The highest BCUT2D eigenvalue weighted by Gasteiger charge is 2.40. The van der Waals surface area contributed by atoms with Gasteiger partial charge >= 0.3 is 5.97 Å². The van der Waals surface area contributed by atoms with Crippen LogP contribution in [0.5, 0.6) is 0 Å². The SMILES string of the molecule is CC(=O)OC[C@@H]1CCC(=O)[C@H]1C(=S)CC1COC(C)(C)O1. The molecule has 21 heavy (non-hydrogen) atoms. The zero-order chi connectivity index (χ0) is 15.6. The zero-order valence-corrected chi connectivity index (χ0v) is 13.5.